The first kappa shape index (κ1) is 12.9. The average molecular weight is 283 g/mol. The van der Waals surface area contributed by atoms with Crippen molar-refractivity contribution in [1.82, 2.24) is 0 Å². The lowest BCUT2D eigenvalue weighted by atomic mass is 10.1. The Morgan fingerprint density at radius 1 is 1.00 bits per heavy atom. The lowest BCUT2D eigenvalue weighted by Crippen LogP contribution is -2.12. The first-order chi connectivity index (χ1) is 8.39. The zero-order valence-corrected chi connectivity index (χ0v) is 10.9. The molecule has 0 bridgehead atoms. The third-order valence-corrected chi connectivity index (χ3v) is 3.96. The Labute approximate surface area is 110 Å². The Morgan fingerprint density at radius 3 is 2.17 bits per heavy atom. The molecule has 0 fully saturated rings. The molecule has 18 heavy (non-hydrogen) atoms. The third-order valence-electron chi connectivity index (χ3n) is 2.49. The van der Waals surface area contributed by atoms with Crippen LogP contribution in [0.15, 0.2) is 47.4 Å². The SMILES string of the molecule is Nc1ccc(-c2cccc(S(N)(=O)=O)c2Cl)cc1. The standard InChI is InChI=1S/C12H11ClN2O2S/c13-12-10(8-4-6-9(14)7-5-8)2-1-3-11(12)18(15,16)17/h1-7H,14H2,(H2,15,16,17). The van der Waals surface area contributed by atoms with Crippen LogP contribution in [0.3, 0.4) is 0 Å². The van der Waals surface area contributed by atoms with Crippen LogP contribution in [-0.2, 0) is 10.0 Å². The topological polar surface area (TPSA) is 86.2 Å². The predicted molar refractivity (Wildman–Crippen MR) is 72.7 cm³/mol. The fourth-order valence-corrected chi connectivity index (χ4v) is 2.80. The van der Waals surface area contributed by atoms with E-state index in [4.69, 9.17) is 22.5 Å². The molecular formula is C12H11ClN2O2S. The van der Waals surface area contributed by atoms with Gasteiger partial charge in [-0.1, -0.05) is 35.9 Å². The minimum Gasteiger partial charge on any atom is -0.399 e. The second-order valence-corrected chi connectivity index (χ2v) is 5.69. The molecule has 4 nitrogen and oxygen atoms in total. The van der Waals surface area contributed by atoms with E-state index in [-0.39, 0.29) is 9.92 Å². The molecule has 0 spiro atoms. The van der Waals surface area contributed by atoms with Gasteiger partial charge in [0.15, 0.2) is 0 Å². The molecule has 2 aromatic carbocycles. The summed E-state index contributed by atoms with van der Waals surface area (Å²) < 4.78 is 22.7. The van der Waals surface area contributed by atoms with Gasteiger partial charge in [-0.05, 0) is 23.8 Å². The minimum atomic E-state index is -3.83. The van der Waals surface area contributed by atoms with Crippen molar-refractivity contribution in [3.05, 3.63) is 47.5 Å². The van der Waals surface area contributed by atoms with Gasteiger partial charge >= 0.3 is 0 Å². The molecule has 0 aliphatic carbocycles. The molecule has 0 aliphatic rings. The van der Waals surface area contributed by atoms with E-state index in [1.54, 1.807) is 36.4 Å². The summed E-state index contributed by atoms with van der Waals surface area (Å²) in [5.41, 5.74) is 7.59. The maximum atomic E-state index is 11.4. The highest BCUT2D eigenvalue weighted by Gasteiger charge is 2.16. The molecule has 0 saturated carbocycles. The van der Waals surface area contributed by atoms with Crippen molar-refractivity contribution in [2.45, 2.75) is 4.90 Å². The van der Waals surface area contributed by atoms with Gasteiger partial charge in [0, 0.05) is 11.3 Å². The number of hydrogen-bond donors (Lipinski definition) is 2. The monoisotopic (exact) mass is 282 g/mol. The number of hydrogen-bond acceptors (Lipinski definition) is 3. The molecule has 0 aliphatic heterocycles. The van der Waals surface area contributed by atoms with Crippen LogP contribution in [0.4, 0.5) is 5.69 Å². The fourth-order valence-electron chi connectivity index (χ4n) is 1.62. The summed E-state index contributed by atoms with van der Waals surface area (Å²) >= 11 is 6.08. The fraction of sp³-hybridized carbons (Fsp3) is 0. The van der Waals surface area contributed by atoms with Crippen molar-refractivity contribution in [3.63, 3.8) is 0 Å². The van der Waals surface area contributed by atoms with Gasteiger partial charge in [0.25, 0.3) is 0 Å². The van der Waals surface area contributed by atoms with E-state index in [0.29, 0.717) is 11.3 Å². The van der Waals surface area contributed by atoms with Crippen molar-refractivity contribution in [1.29, 1.82) is 0 Å². The summed E-state index contributed by atoms with van der Waals surface area (Å²) in [6.07, 6.45) is 0. The van der Waals surface area contributed by atoms with E-state index in [2.05, 4.69) is 0 Å². The van der Waals surface area contributed by atoms with Crippen molar-refractivity contribution in [3.8, 4) is 11.1 Å². The Balaban J connectivity index is 2.63. The summed E-state index contributed by atoms with van der Waals surface area (Å²) in [4.78, 5) is -0.0847. The molecule has 0 heterocycles. The van der Waals surface area contributed by atoms with Crippen LogP contribution in [0.2, 0.25) is 5.02 Å². The second-order valence-electron chi connectivity index (χ2n) is 3.78. The van der Waals surface area contributed by atoms with E-state index in [9.17, 15) is 8.42 Å². The molecule has 2 aromatic rings. The zero-order chi connectivity index (χ0) is 13.3. The molecule has 0 atom stereocenters. The Morgan fingerprint density at radius 2 is 1.61 bits per heavy atom. The van der Waals surface area contributed by atoms with Gasteiger partial charge in [0.05, 0.1) is 5.02 Å². The van der Waals surface area contributed by atoms with Crippen LogP contribution < -0.4 is 10.9 Å². The maximum Gasteiger partial charge on any atom is 0.239 e. The van der Waals surface area contributed by atoms with Crippen molar-refractivity contribution >= 4 is 27.3 Å². The first-order valence-corrected chi connectivity index (χ1v) is 6.99. The van der Waals surface area contributed by atoms with Crippen LogP contribution in [0.1, 0.15) is 0 Å². The lowest BCUT2D eigenvalue weighted by Gasteiger charge is -2.08. The van der Waals surface area contributed by atoms with E-state index in [0.717, 1.165) is 5.56 Å². The number of benzene rings is 2. The number of halogens is 1. The van der Waals surface area contributed by atoms with E-state index >= 15 is 0 Å². The highest BCUT2D eigenvalue weighted by atomic mass is 35.5. The van der Waals surface area contributed by atoms with Gasteiger partial charge in [0.2, 0.25) is 10.0 Å². The zero-order valence-electron chi connectivity index (χ0n) is 9.30. The van der Waals surface area contributed by atoms with Crippen LogP contribution in [-0.4, -0.2) is 8.42 Å². The predicted octanol–water partition coefficient (Wildman–Crippen LogP) is 2.24. The number of primary sulfonamides is 1. The number of rotatable bonds is 2. The summed E-state index contributed by atoms with van der Waals surface area (Å²) in [5, 5.41) is 5.21. The van der Waals surface area contributed by atoms with Crippen molar-refractivity contribution < 1.29 is 8.42 Å². The summed E-state index contributed by atoms with van der Waals surface area (Å²) in [6, 6.07) is 11.7. The van der Waals surface area contributed by atoms with Gasteiger partial charge in [-0.2, -0.15) is 0 Å². The number of anilines is 1. The van der Waals surface area contributed by atoms with Gasteiger partial charge in [-0.25, -0.2) is 13.6 Å². The average Bonchev–Trinajstić information content (AvgIpc) is 2.29. The van der Waals surface area contributed by atoms with E-state index in [1.165, 1.54) is 6.07 Å². The van der Waals surface area contributed by atoms with E-state index < -0.39 is 10.0 Å². The first-order valence-electron chi connectivity index (χ1n) is 5.07. The largest absolute Gasteiger partial charge is 0.399 e. The Bertz CT molecular complexity index is 682. The molecule has 0 saturated heterocycles. The van der Waals surface area contributed by atoms with Gasteiger partial charge in [-0.3, -0.25) is 0 Å². The normalized spacial score (nSPS) is 11.4. The quantitative estimate of drug-likeness (QED) is 0.828. The molecular weight excluding hydrogens is 272 g/mol. The summed E-state index contributed by atoms with van der Waals surface area (Å²) in [5.74, 6) is 0. The minimum absolute atomic E-state index is 0.0847. The number of nitrogens with two attached hydrogens (primary N) is 2. The second kappa shape index (κ2) is 4.61. The van der Waals surface area contributed by atoms with Crippen LogP contribution in [0.5, 0.6) is 0 Å². The molecule has 0 amide bonds. The number of nitrogen functional groups attached to an aromatic ring is 1. The van der Waals surface area contributed by atoms with Gasteiger partial charge < -0.3 is 5.73 Å². The molecule has 0 unspecified atom stereocenters. The van der Waals surface area contributed by atoms with Gasteiger partial charge in [0.1, 0.15) is 4.90 Å². The highest BCUT2D eigenvalue weighted by Crippen LogP contribution is 2.32. The molecule has 0 radical (unpaired) electrons. The van der Waals surface area contributed by atoms with Crippen LogP contribution in [0.25, 0.3) is 11.1 Å². The summed E-state index contributed by atoms with van der Waals surface area (Å²) in [6.45, 7) is 0. The molecule has 4 N–H and O–H groups in total. The maximum absolute atomic E-state index is 11.4. The molecule has 94 valence electrons. The van der Waals surface area contributed by atoms with E-state index in [1.807, 2.05) is 0 Å². The summed E-state index contributed by atoms with van der Waals surface area (Å²) in [7, 11) is -3.83. The Kier molecular flexibility index (Phi) is 3.30. The number of sulfonamides is 1. The molecule has 2 rings (SSSR count). The van der Waals surface area contributed by atoms with Crippen LogP contribution in [0, 0.1) is 0 Å². The smallest absolute Gasteiger partial charge is 0.239 e. The highest BCUT2D eigenvalue weighted by molar-refractivity contribution is 7.89. The van der Waals surface area contributed by atoms with Crippen molar-refractivity contribution in [2.24, 2.45) is 5.14 Å². The molecule has 6 heteroatoms. The van der Waals surface area contributed by atoms with Crippen molar-refractivity contribution in [2.75, 3.05) is 5.73 Å². The Hall–Kier alpha value is -1.56. The lowest BCUT2D eigenvalue weighted by molar-refractivity contribution is 0.598. The van der Waals surface area contributed by atoms with Gasteiger partial charge in [-0.15, -0.1) is 0 Å². The third kappa shape index (κ3) is 2.48. The van der Waals surface area contributed by atoms with Crippen LogP contribution >= 0.6 is 11.6 Å². The molecule has 0 aromatic heterocycles.